The fourth-order valence-corrected chi connectivity index (χ4v) is 1.30. The number of nitrogens with zero attached hydrogens (tertiary/aromatic N) is 5. The van der Waals surface area contributed by atoms with Crippen molar-refractivity contribution in [2.24, 2.45) is 0 Å². The molecule has 0 aromatic carbocycles. The zero-order valence-corrected chi connectivity index (χ0v) is 11.2. The molecule has 0 aliphatic rings. The van der Waals surface area contributed by atoms with Gasteiger partial charge in [0.1, 0.15) is 6.73 Å². The monoisotopic (exact) mass is 290 g/mol. The number of halogens is 2. The molecule has 0 unspecified atom stereocenters. The Bertz CT molecular complexity index is 424. The maximum Gasteiger partial charge on any atom is 0.246 e. The van der Waals surface area contributed by atoms with Crippen molar-refractivity contribution in [1.29, 1.82) is 5.26 Å². The van der Waals surface area contributed by atoms with E-state index in [1.807, 2.05) is 13.1 Å². The fourth-order valence-electron chi connectivity index (χ4n) is 1.04. The lowest BCUT2D eigenvalue weighted by Crippen LogP contribution is -2.24. The van der Waals surface area contributed by atoms with Gasteiger partial charge in [0.05, 0.1) is 6.61 Å². The number of rotatable bonds is 7. The van der Waals surface area contributed by atoms with Crippen LogP contribution in [0, 0.1) is 11.5 Å². The van der Waals surface area contributed by atoms with Gasteiger partial charge >= 0.3 is 0 Å². The predicted molar refractivity (Wildman–Crippen MR) is 68.6 cm³/mol. The number of nitriles is 1. The molecule has 0 aliphatic heterocycles. The molecule has 98 valence electrons. The SMILES string of the molecule is CCNc1nc(Cl)nc(N(C#N)COCCCl)n1. The zero-order chi connectivity index (χ0) is 13.4. The number of hydrogen-bond acceptors (Lipinski definition) is 7. The number of anilines is 2. The molecule has 0 radical (unpaired) electrons. The Hall–Kier alpha value is -1.36. The molecule has 1 rings (SSSR count). The first-order valence-electron chi connectivity index (χ1n) is 5.17. The van der Waals surface area contributed by atoms with E-state index in [4.69, 9.17) is 33.2 Å². The molecule has 7 nitrogen and oxygen atoms in total. The van der Waals surface area contributed by atoms with Crippen molar-refractivity contribution in [2.75, 3.05) is 36.0 Å². The van der Waals surface area contributed by atoms with Gasteiger partial charge in [0.25, 0.3) is 0 Å². The third kappa shape index (κ3) is 4.49. The smallest absolute Gasteiger partial charge is 0.246 e. The molecule has 0 amide bonds. The second-order valence-corrected chi connectivity index (χ2v) is 3.73. The van der Waals surface area contributed by atoms with Crippen LogP contribution >= 0.6 is 23.2 Å². The maximum atomic E-state index is 8.99. The summed E-state index contributed by atoms with van der Waals surface area (Å²) in [6, 6.07) is 0. The molecular formula is C9H12Cl2N6O. The van der Waals surface area contributed by atoms with Gasteiger partial charge in [-0.1, -0.05) is 0 Å². The van der Waals surface area contributed by atoms with E-state index in [2.05, 4.69) is 20.3 Å². The maximum absolute atomic E-state index is 8.99. The first kappa shape index (κ1) is 14.7. The summed E-state index contributed by atoms with van der Waals surface area (Å²) in [5, 5.41) is 11.9. The van der Waals surface area contributed by atoms with Gasteiger partial charge in [-0.15, -0.1) is 11.6 Å². The highest BCUT2D eigenvalue weighted by Crippen LogP contribution is 2.13. The van der Waals surface area contributed by atoms with E-state index in [0.717, 1.165) is 4.90 Å². The number of aromatic nitrogens is 3. The molecule has 18 heavy (non-hydrogen) atoms. The Labute approximate surface area is 115 Å². The summed E-state index contributed by atoms with van der Waals surface area (Å²) in [7, 11) is 0. The van der Waals surface area contributed by atoms with Crippen LogP contribution < -0.4 is 10.2 Å². The van der Waals surface area contributed by atoms with Crippen LogP contribution in [0.2, 0.25) is 5.28 Å². The first-order valence-corrected chi connectivity index (χ1v) is 6.09. The Morgan fingerprint density at radius 3 is 2.83 bits per heavy atom. The molecule has 0 bridgehead atoms. The van der Waals surface area contributed by atoms with Crippen LogP contribution in [0.25, 0.3) is 0 Å². The third-order valence-corrected chi connectivity index (χ3v) is 2.06. The lowest BCUT2D eigenvalue weighted by atomic mass is 10.7. The Kier molecular flexibility index (Phi) is 6.43. The van der Waals surface area contributed by atoms with Crippen LogP contribution in [0.15, 0.2) is 0 Å². The van der Waals surface area contributed by atoms with E-state index in [1.54, 1.807) is 0 Å². The van der Waals surface area contributed by atoms with Crippen LogP contribution in [0.5, 0.6) is 0 Å². The summed E-state index contributed by atoms with van der Waals surface area (Å²) >= 11 is 11.2. The molecular weight excluding hydrogens is 279 g/mol. The normalized spacial score (nSPS) is 9.89. The average Bonchev–Trinajstić information content (AvgIpc) is 2.34. The summed E-state index contributed by atoms with van der Waals surface area (Å²) in [4.78, 5) is 12.9. The standard InChI is InChI=1S/C9H12Cl2N6O/c1-2-13-8-14-7(11)15-9(16-8)17(5-12)6-18-4-3-10/h2-4,6H2,1H3,(H,13,14,15,16). The van der Waals surface area contributed by atoms with Crippen molar-refractivity contribution in [2.45, 2.75) is 6.92 Å². The van der Waals surface area contributed by atoms with Crippen LogP contribution in [0.1, 0.15) is 6.92 Å². The minimum atomic E-state index is 0.00791. The zero-order valence-electron chi connectivity index (χ0n) is 9.73. The van der Waals surface area contributed by atoms with Crippen LogP contribution in [-0.4, -0.2) is 40.7 Å². The molecule has 0 saturated carbocycles. The van der Waals surface area contributed by atoms with Crippen molar-refractivity contribution in [3.63, 3.8) is 0 Å². The molecule has 0 aliphatic carbocycles. The van der Waals surface area contributed by atoms with E-state index >= 15 is 0 Å². The molecule has 1 N–H and O–H groups in total. The van der Waals surface area contributed by atoms with Gasteiger partial charge in [0, 0.05) is 12.4 Å². The minimum Gasteiger partial charge on any atom is -0.359 e. The van der Waals surface area contributed by atoms with Gasteiger partial charge in [0.2, 0.25) is 17.2 Å². The number of ether oxygens (including phenoxy) is 1. The molecule has 1 aromatic heterocycles. The second-order valence-electron chi connectivity index (χ2n) is 3.01. The fraction of sp³-hybridized carbons (Fsp3) is 0.556. The van der Waals surface area contributed by atoms with Gasteiger partial charge in [-0.2, -0.15) is 20.2 Å². The minimum absolute atomic E-state index is 0.00791. The van der Waals surface area contributed by atoms with E-state index in [1.165, 1.54) is 0 Å². The highest BCUT2D eigenvalue weighted by atomic mass is 35.5. The average molecular weight is 291 g/mol. The van der Waals surface area contributed by atoms with Crippen molar-refractivity contribution in [1.82, 2.24) is 15.0 Å². The van der Waals surface area contributed by atoms with Crippen molar-refractivity contribution in [3.05, 3.63) is 5.28 Å². The summed E-state index contributed by atoms with van der Waals surface area (Å²) in [5.41, 5.74) is 0. The molecule has 0 spiro atoms. The van der Waals surface area contributed by atoms with Crippen LogP contribution in [0.4, 0.5) is 11.9 Å². The van der Waals surface area contributed by atoms with Gasteiger partial charge in [-0.05, 0) is 18.5 Å². The summed E-state index contributed by atoms with van der Waals surface area (Å²) in [6.07, 6.45) is 1.90. The van der Waals surface area contributed by atoms with Crippen molar-refractivity contribution in [3.8, 4) is 6.19 Å². The lowest BCUT2D eigenvalue weighted by Gasteiger charge is -2.14. The molecule has 0 saturated heterocycles. The Balaban J connectivity index is 2.81. The largest absolute Gasteiger partial charge is 0.359 e. The summed E-state index contributed by atoms with van der Waals surface area (Å²) in [5.74, 6) is 0.785. The topological polar surface area (TPSA) is 87.0 Å². The molecule has 0 atom stereocenters. The lowest BCUT2D eigenvalue weighted by molar-refractivity contribution is 0.155. The first-order chi connectivity index (χ1) is 8.71. The Morgan fingerprint density at radius 2 is 2.22 bits per heavy atom. The quantitative estimate of drug-likeness (QED) is 0.267. The second kappa shape index (κ2) is 7.87. The molecule has 9 heteroatoms. The number of nitrogens with one attached hydrogen (secondary N) is 1. The van der Waals surface area contributed by atoms with E-state index in [9.17, 15) is 0 Å². The molecule has 0 fully saturated rings. The van der Waals surface area contributed by atoms with Gasteiger partial charge in [-0.25, -0.2) is 4.90 Å². The third-order valence-electron chi connectivity index (χ3n) is 1.74. The van der Waals surface area contributed by atoms with Crippen molar-refractivity contribution < 1.29 is 4.74 Å². The predicted octanol–water partition coefficient (Wildman–Crippen LogP) is 1.46. The van der Waals surface area contributed by atoms with Crippen LogP contribution in [-0.2, 0) is 4.74 Å². The van der Waals surface area contributed by atoms with Crippen LogP contribution in [0.3, 0.4) is 0 Å². The van der Waals surface area contributed by atoms with E-state index in [-0.39, 0.29) is 18.0 Å². The highest BCUT2D eigenvalue weighted by molar-refractivity contribution is 6.28. The number of alkyl halides is 1. The number of hydrogen-bond donors (Lipinski definition) is 1. The van der Waals surface area contributed by atoms with Crippen molar-refractivity contribution >= 4 is 35.1 Å². The Morgan fingerprint density at radius 1 is 1.44 bits per heavy atom. The van der Waals surface area contributed by atoms with Gasteiger partial charge < -0.3 is 10.1 Å². The molecule has 1 heterocycles. The summed E-state index contributed by atoms with van der Waals surface area (Å²) < 4.78 is 5.14. The highest BCUT2D eigenvalue weighted by Gasteiger charge is 2.12. The molecule has 1 aromatic rings. The van der Waals surface area contributed by atoms with Gasteiger partial charge in [0.15, 0.2) is 6.19 Å². The van der Waals surface area contributed by atoms with Gasteiger partial charge in [-0.3, -0.25) is 0 Å². The van der Waals surface area contributed by atoms with E-state index in [0.29, 0.717) is 25.0 Å². The van der Waals surface area contributed by atoms with E-state index < -0.39 is 0 Å². The summed E-state index contributed by atoms with van der Waals surface area (Å²) in [6.45, 7) is 2.87.